The smallest absolute Gasteiger partial charge is 0.205 e. The van der Waals surface area contributed by atoms with Gasteiger partial charge in [0, 0.05) is 17.7 Å². The molecule has 0 saturated carbocycles. The third-order valence-corrected chi connectivity index (χ3v) is 8.52. The lowest BCUT2D eigenvalue weighted by molar-refractivity contribution is 0.566. The van der Waals surface area contributed by atoms with E-state index in [9.17, 15) is 0 Å². The van der Waals surface area contributed by atoms with Crippen LogP contribution in [-0.4, -0.2) is 35.2 Å². The number of hydrogen-bond donors (Lipinski definition) is 1. The highest BCUT2D eigenvalue weighted by Crippen LogP contribution is 2.40. The molecule has 0 amide bonds. The molecule has 0 bridgehead atoms. The van der Waals surface area contributed by atoms with Crippen molar-refractivity contribution < 1.29 is 0 Å². The first-order valence-electron chi connectivity index (χ1n) is 14.5. The van der Waals surface area contributed by atoms with E-state index < -0.39 is 0 Å². The van der Waals surface area contributed by atoms with E-state index in [4.69, 9.17) is 9.97 Å². The molecule has 0 radical (unpaired) electrons. The van der Waals surface area contributed by atoms with E-state index in [1.165, 1.54) is 33.4 Å². The lowest BCUT2D eigenvalue weighted by atomic mass is 9.96. The maximum absolute atomic E-state index is 5.25. The summed E-state index contributed by atoms with van der Waals surface area (Å²) in [5, 5.41) is 14.8. The van der Waals surface area contributed by atoms with Crippen LogP contribution >= 0.6 is 0 Å². The van der Waals surface area contributed by atoms with Crippen LogP contribution < -0.4 is 0 Å². The summed E-state index contributed by atoms with van der Waals surface area (Å²) in [6, 6.07) is 26.2. The fourth-order valence-corrected chi connectivity index (χ4v) is 6.42. The van der Waals surface area contributed by atoms with E-state index in [0.717, 1.165) is 65.9 Å². The number of aromatic amines is 1. The largest absolute Gasteiger partial charge is 0.305 e. The summed E-state index contributed by atoms with van der Waals surface area (Å²) in [5.74, 6) is 1.71. The Balaban J connectivity index is 1.26. The molecule has 1 aliphatic rings. The summed E-state index contributed by atoms with van der Waals surface area (Å²) in [5.41, 5.74) is 13.1. The van der Waals surface area contributed by atoms with Crippen molar-refractivity contribution in [3.05, 3.63) is 112 Å². The van der Waals surface area contributed by atoms with Gasteiger partial charge in [0.1, 0.15) is 11.3 Å². The first-order chi connectivity index (χ1) is 20.1. The van der Waals surface area contributed by atoms with Gasteiger partial charge in [0.2, 0.25) is 5.82 Å². The van der Waals surface area contributed by atoms with Crippen LogP contribution in [0.2, 0.25) is 0 Å². The Labute approximate surface area is 239 Å². The molecule has 0 aliphatic heterocycles. The normalized spacial score (nSPS) is 14.6. The van der Waals surface area contributed by atoms with Crippen LogP contribution in [-0.2, 0) is 25.7 Å². The lowest BCUT2D eigenvalue weighted by Gasteiger charge is -2.18. The summed E-state index contributed by atoms with van der Waals surface area (Å²) in [4.78, 5) is 10.4. The quantitative estimate of drug-likeness (QED) is 0.242. The average molecular weight is 540 g/mol. The second-order valence-electron chi connectivity index (χ2n) is 11.0. The number of tetrazole rings is 1. The minimum Gasteiger partial charge on any atom is -0.305 e. The molecular weight excluding hydrogens is 506 g/mol. The lowest BCUT2D eigenvalue weighted by Crippen LogP contribution is -2.12. The Kier molecular flexibility index (Phi) is 6.42. The van der Waals surface area contributed by atoms with Crippen molar-refractivity contribution in [3.63, 3.8) is 0 Å². The van der Waals surface area contributed by atoms with Crippen LogP contribution in [0.3, 0.4) is 0 Å². The molecule has 1 aliphatic carbocycles. The number of aromatic nitrogens is 7. The zero-order chi connectivity index (χ0) is 27.9. The van der Waals surface area contributed by atoms with Crippen LogP contribution in [0.25, 0.3) is 33.7 Å². The van der Waals surface area contributed by atoms with Crippen LogP contribution in [0.15, 0.2) is 72.8 Å². The summed E-state index contributed by atoms with van der Waals surface area (Å²) in [6.45, 7) is 6.56. The Morgan fingerprint density at radius 3 is 2.51 bits per heavy atom. The molecule has 1 atom stereocenters. The topological polar surface area (TPSA) is 85.2 Å². The van der Waals surface area contributed by atoms with E-state index in [2.05, 4.69) is 107 Å². The molecule has 0 saturated heterocycles. The van der Waals surface area contributed by atoms with Crippen molar-refractivity contribution in [1.29, 1.82) is 0 Å². The van der Waals surface area contributed by atoms with Crippen molar-refractivity contribution >= 4 is 11.2 Å². The molecule has 3 aromatic carbocycles. The van der Waals surface area contributed by atoms with Crippen LogP contribution in [0.4, 0.5) is 0 Å². The second kappa shape index (κ2) is 10.4. The zero-order valence-electron chi connectivity index (χ0n) is 23.7. The van der Waals surface area contributed by atoms with Crippen molar-refractivity contribution in [1.82, 2.24) is 35.2 Å². The van der Waals surface area contributed by atoms with Gasteiger partial charge in [-0.1, -0.05) is 73.7 Å². The number of nitrogens with one attached hydrogen (secondary N) is 1. The van der Waals surface area contributed by atoms with Gasteiger partial charge in [0.15, 0.2) is 5.65 Å². The Hall–Kier alpha value is -4.65. The van der Waals surface area contributed by atoms with E-state index in [-0.39, 0.29) is 6.04 Å². The Bertz CT molecular complexity index is 1870. The minimum atomic E-state index is 0.227. The number of hydrogen-bond acceptors (Lipinski definition) is 5. The fraction of sp³-hybridized carbons (Fsp3) is 0.265. The predicted octanol–water partition coefficient (Wildman–Crippen LogP) is 6.78. The number of benzene rings is 3. The van der Waals surface area contributed by atoms with Gasteiger partial charge in [0.05, 0.1) is 6.04 Å². The van der Waals surface area contributed by atoms with Crippen molar-refractivity contribution in [2.45, 2.75) is 58.9 Å². The first-order valence-corrected chi connectivity index (χ1v) is 14.5. The molecule has 3 heterocycles. The molecule has 1 N–H and O–H groups in total. The number of pyridine rings is 1. The van der Waals surface area contributed by atoms with Crippen molar-refractivity contribution in [3.8, 4) is 22.5 Å². The summed E-state index contributed by atoms with van der Waals surface area (Å²) < 4.78 is 2.43. The summed E-state index contributed by atoms with van der Waals surface area (Å²) in [7, 11) is 0. The standard InChI is InChI=1S/C34H33N7/c1-4-31-36-32-22(3)19-26(16-13-23-10-6-5-9-21(23)2)35-34(32)41(31)30-18-15-25-20-24(14-17-28(25)30)27-11-7-8-12-29(27)33-37-39-40-38-33/h5-12,14,17,19-20,30H,4,13,15-16,18H2,1-3H3,(H,37,38,39,40). The summed E-state index contributed by atoms with van der Waals surface area (Å²) in [6.07, 6.45) is 4.83. The van der Waals surface area contributed by atoms with Gasteiger partial charge in [-0.3, -0.25) is 0 Å². The Morgan fingerprint density at radius 2 is 1.71 bits per heavy atom. The van der Waals surface area contributed by atoms with Gasteiger partial charge in [-0.25, -0.2) is 9.97 Å². The SMILES string of the molecule is CCc1nc2c(C)cc(CCc3ccccc3C)nc2n1C1CCc2cc(-c3ccccc3-c3nn[nH]n3)ccc21. The fourth-order valence-electron chi connectivity index (χ4n) is 6.42. The molecule has 3 aromatic heterocycles. The average Bonchev–Trinajstić information content (AvgIpc) is 3.75. The van der Waals surface area contributed by atoms with Gasteiger partial charge >= 0.3 is 0 Å². The Morgan fingerprint density at radius 1 is 0.878 bits per heavy atom. The highest BCUT2D eigenvalue weighted by Gasteiger charge is 2.29. The maximum atomic E-state index is 5.25. The number of imidazole rings is 1. The minimum absolute atomic E-state index is 0.227. The molecule has 0 fully saturated rings. The summed E-state index contributed by atoms with van der Waals surface area (Å²) >= 11 is 0. The third kappa shape index (κ3) is 4.51. The number of aryl methyl sites for hydroxylation is 6. The van der Waals surface area contributed by atoms with Gasteiger partial charge in [-0.15, -0.1) is 10.2 Å². The molecule has 204 valence electrons. The second-order valence-corrected chi connectivity index (χ2v) is 11.0. The molecule has 41 heavy (non-hydrogen) atoms. The first kappa shape index (κ1) is 25.3. The monoisotopic (exact) mass is 539 g/mol. The van der Waals surface area contributed by atoms with Gasteiger partial charge in [-0.05, 0) is 89.8 Å². The van der Waals surface area contributed by atoms with E-state index >= 15 is 0 Å². The molecular formula is C34H33N7. The number of fused-ring (bicyclic) bond motifs is 2. The number of H-pyrrole nitrogens is 1. The van der Waals surface area contributed by atoms with Gasteiger partial charge in [0.25, 0.3) is 0 Å². The number of nitrogens with zero attached hydrogens (tertiary/aromatic N) is 6. The molecule has 7 nitrogen and oxygen atoms in total. The predicted molar refractivity (Wildman–Crippen MR) is 162 cm³/mol. The highest BCUT2D eigenvalue weighted by atomic mass is 15.5. The molecule has 7 heteroatoms. The number of rotatable bonds is 7. The zero-order valence-corrected chi connectivity index (χ0v) is 23.7. The molecule has 6 aromatic rings. The van der Waals surface area contributed by atoms with E-state index in [1.54, 1.807) is 0 Å². The van der Waals surface area contributed by atoms with Gasteiger partial charge in [-0.2, -0.15) is 5.21 Å². The highest BCUT2D eigenvalue weighted by molar-refractivity contribution is 5.81. The van der Waals surface area contributed by atoms with Gasteiger partial charge < -0.3 is 4.57 Å². The molecule has 0 spiro atoms. The van der Waals surface area contributed by atoms with Crippen molar-refractivity contribution in [2.24, 2.45) is 0 Å². The van der Waals surface area contributed by atoms with Crippen LogP contribution in [0, 0.1) is 13.8 Å². The van der Waals surface area contributed by atoms with Crippen molar-refractivity contribution in [2.75, 3.05) is 0 Å². The van der Waals surface area contributed by atoms with E-state index in [0.29, 0.717) is 5.82 Å². The van der Waals surface area contributed by atoms with Crippen LogP contribution in [0.1, 0.15) is 58.7 Å². The maximum Gasteiger partial charge on any atom is 0.205 e. The molecule has 7 rings (SSSR count). The third-order valence-electron chi connectivity index (χ3n) is 8.52. The molecule has 1 unspecified atom stereocenters. The van der Waals surface area contributed by atoms with E-state index in [1.807, 2.05) is 12.1 Å². The van der Waals surface area contributed by atoms with Crippen LogP contribution in [0.5, 0.6) is 0 Å².